The molecule has 1 heterocycles. The van der Waals surface area contributed by atoms with E-state index in [2.05, 4.69) is 24.0 Å². The van der Waals surface area contributed by atoms with Gasteiger partial charge in [-0.25, -0.2) is 4.79 Å². The van der Waals surface area contributed by atoms with Crippen LogP contribution in [0.2, 0.25) is 0 Å². The zero-order chi connectivity index (χ0) is 15.5. The van der Waals surface area contributed by atoms with Crippen molar-refractivity contribution in [3.05, 3.63) is 59.7 Å². The third-order valence-corrected chi connectivity index (χ3v) is 4.34. The molecule has 1 fully saturated rings. The van der Waals surface area contributed by atoms with Gasteiger partial charge in [-0.2, -0.15) is 0 Å². The molecule has 1 aliphatic heterocycles. The topological polar surface area (TPSA) is 40.5 Å². The Labute approximate surface area is 131 Å². The summed E-state index contributed by atoms with van der Waals surface area (Å²) in [5, 5.41) is 9.26. The second kappa shape index (κ2) is 6.32. The minimum Gasteiger partial charge on any atom is -0.478 e. The van der Waals surface area contributed by atoms with Crippen LogP contribution in [-0.2, 0) is 6.54 Å². The zero-order valence-corrected chi connectivity index (χ0v) is 12.8. The van der Waals surface area contributed by atoms with Crippen molar-refractivity contribution in [3.63, 3.8) is 0 Å². The average Bonchev–Trinajstić information content (AvgIpc) is 2.93. The highest BCUT2D eigenvalue weighted by Gasteiger charge is 2.20. The first-order valence-electron chi connectivity index (χ1n) is 7.77. The van der Waals surface area contributed by atoms with Crippen LogP contribution in [-0.4, -0.2) is 29.1 Å². The molecule has 3 rings (SSSR count). The Bertz CT molecular complexity index is 666. The lowest BCUT2D eigenvalue weighted by Gasteiger charge is -2.18. The highest BCUT2D eigenvalue weighted by Crippen LogP contribution is 2.27. The zero-order valence-electron chi connectivity index (χ0n) is 12.8. The fraction of sp³-hybridized carbons (Fsp3) is 0.316. The second-order valence-electron chi connectivity index (χ2n) is 6.17. The summed E-state index contributed by atoms with van der Waals surface area (Å²) in [7, 11) is 0. The summed E-state index contributed by atoms with van der Waals surface area (Å²) in [4.78, 5) is 13.7. The molecule has 22 heavy (non-hydrogen) atoms. The highest BCUT2D eigenvalue weighted by atomic mass is 16.4. The van der Waals surface area contributed by atoms with Crippen LogP contribution in [0, 0.1) is 5.92 Å². The number of hydrogen-bond acceptors (Lipinski definition) is 2. The molecule has 1 atom stereocenters. The molecule has 0 saturated carbocycles. The molecule has 2 aromatic rings. The number of nitrogens with zero attached hydrogens (tertiary/aromatic N) is 1. The summed E-state index contributed by atoms with van der Waals surface area (Å²) < 4.78 is 0. The molecule has 1 aliphatic rings. The van der Waals surface area contributed by atoms with Gasteiger partial charge in [-0.05, 0) is 47.7 Å². The van der Waals surface area contributed by atoms with E-state index in [-0.39, 0.29) is 0 Å². The van der Waals surface area contributed by atoms with Gasteiger partial charge in [0.2, 0.25) is 0 Å². The molecule has 0 aliphatic carbocycles. The molecule has 114 valence electrons. The third-order valence-electron chi connectivity index (χ3n) is 4.34. The number of carboxylic acid groups (broad SMARTS) is 1. The Balaban J connectivity index is 1.96. The molecule has 0 aromatic heterocycles. The van der Waals surface area contributed by atoms with E-state index in [1.165, 1.54) is 6.42 Å². The largest absolute Gasteiger partial charge is 0.478 e. The van der Waals surface area contributed by atoms with Gasteiger partial charge in [-0.1, -0.05) is 43.3 Å². The molecule has 0 unspecified atom stereocenters. The first-order valence-corrected chi connectivity index (χ1v) is 7.77. The normalized spacial score (nSPS) is 18.5. The van der Waals surface area contributed by atoms with Crippen LogP contribution < -0.4 is 0 Å². The van der Waals surface area contributed by atoms with Crippen molar-refractivity contribution in [1.29, 1.82) is 0 Å². The summed E-state index contributed by atoms with van der Waals surface area (Å²) in [5.74, 6) is -0.140. The number of hydrogen-bond donors (Lipinski definition) is 1. The number of benzene rings is 2. The minimum absolute atomic E-state index is 0.363. The van der Waals surface area contributed by atoms with Gasteiger partial charge in [-0.15, -0.1) is 0 Å². The Hall–Kier alpha value is -2.13. The molecule has 0 bridgehead atoms. The van der Waals surface area contributed by atoms with Crippen LogP contribution in [0.25, 0.3) is 11.1 Å². The molecule has 2 aromatic carbocycles. The Morgan fingerprint density at radius 3 is 2.64 bits per heavy atom. The SMILES string of the molecule is C[C@@H]1CCN(Cc2cc(C(=O)O)ccc2-c2ccccc2)C1. The van der Waals surface area contributed by atoms with Crippen LogP contribution in [0.5, 0.6) is 0 Å². The number of rotatable bonds is 4. The predicted molar refractivity (Wildman–Crippen MR) is 87.9 cm³/mol. The van der Waals surface area contributed by atoms with Crippen molar-refractivity contribution in [2.45, 2.75) is 19.9 Å². The summed E-state index contributed by atoms with van der Waals surface area (Å²) >= 11 is 0. The van der Waals surface area contributed by atoms with Crippen molar-refractivity contribution >= 4 is 5.97 Å². The van der Waals surface area contributed by atoms with E-state index >= 15 is 0 Å². The van der Waals surface area contributed by atoms with Gasteiger partial charge in [0.15, 0.2) is 0 Å². The molecular weight excluding hydrogens is 274 g/mol. The van der Waals surface area contributed by atoms with Gasteiger partial charge in [0.25, 0.3) is 0 Å². The van der Waals surface area contributed by atoms with Crippen LogP contribution in [0.3, 0.4) is 0 Å². The van der Waals surface area contributed by atoms with Gasteiger partial charge in [0, 0.05) is 13.1 Å². The lowest BCUT2D eigenvalue weighted by Crippen LogP contribution is -2.20. The van der Waals surface area contributed by atoms with E-state index in [0.717, 1.165) is 42.2 Å². The van der Waals surface area contributed by atoms with Crippen LogP contribution >= 0.6 is 0 Å². The number of carbonyl (C=O) groups is 1. The minimum atomic E-state index is -0.865. The maximum Gasteiger partial charge on any atom is 0.335 e. The van der Waals surface area contributed by atoms with E-state index in [4.69, 9.17) is 0 Å². The predicted octanol–water partition coefficient (Wildman–Crippen LogP) is 3.89. The highest BCUT2D eigenvalue weighted by molar-refractivity contribution is 5.89. The van der Waals surface area contributed by atoms with Crippen molar-refractivity contribution in [1.82, 2.24) is 4.90 Å². The monoisotopic (exact) mass is 295 g/mol. The average molecular weight is 295 g/mol. The quantitative estimate of drug-likeness (QED) is 0.930. The fourth-order valence-electron chi connectivity index (χ4n) is 3.17. The Morgan fingerprint density at radius 1 is 1.23 bits per heavy atom. The second-order valence-corrected chi connectivity index (χ2v) is 6.17. The molecule has 1 N–H and O–H groups in total. The smallest absolute Gasteiger partial charge is 0.335 e. The van der Waals surface area contributed by atoms with Crippen molar-refractivity contribution < 1.29 is 9.90 Å². The first kappa shape index (κ1) is 14.8. The summed E-state index contributed by atoms with van der Waals surface area (Å²) in [6.45, 7) is 5.26. The van der Waals surface area contributed by atoms with E-state index in [9.17, 15) is 9.90 Å². The molecule has 0 spiro atoms. The Morgan fingerprint density at radius 2 is 2.00 bits per heavy atom. The lowest BCUT2D eigenvalue weighted by atomic mass is 9.97. The summed E-state index contributed by atoms with van der Waals surface area (Å²) in [6.07, 6.45) is 1.22. The molecule has 0 amide bonds. The van der Waals surface area contributed by atoms with Gasteiger partial charge < -0.3 is 5.11 Å². The van der Waals surface area contributed by atoms with Crippen LogP contribution in [0.15, 0.2) is 48.5 Å². The lowest BCUT2D eigenvalue weighted by molar-refractivity contribution is 0.0696. The molecular formula is C19H21NO2. The van der Waals surface area contributed by atoms with Crippen molar-refractivity contribution in [2.24, 2.45) is 5.92 Å². The van der Waals surface area contributed by atoms with E-state index in [1.807, 2.05) is 30.3 Å². The molecule has 0 radical (unpaired) electrons. The van der Waals surface area contributed by atoms with E-state index in [1.54, 1.807) is 6.07 Å². The van der Waals surface area contributed by atoms with Gasteiger partial charge in [0.05, 0.1) is 5.56 Å². The van der Waals surface area contributed by atoms with Crippen LogP contribution in [0.4, 0.5) is 0 Å². The molecule has 1 saturated heterocycles. The van der Waals surface area contributed by atoms with E-state index in [0.29, 0.717) is 5.56 Å². The van der Waals surface area contributed by atoms with Gasteiger partial charge in [0.1, 0.15) is 0 Å². The van der Waals surface area contributed by atoms with Crippen molar-refractivity contribution in [3.8, 4) is 11.1 Å². The van der Waals surface area contributed by atoms with Gasteiger partial charge >= 0.3 is 5.97 Å². The van der Waals surface area contributed by atoms with Gasteiger partial charge in [-0.3, -0.25) is 4.90 Å². The number of aromatic carboxylic acids is 1. The third kappa shape index (κ3) is 3.20. The van der Waals surface area contributed by atoms with Crippen molar-refractivity contribution in [2.75, 3.05) is 13.1 Å². The number of carboxylic acids is 1. The summed E-state index contributed by atoms with van der Waals surface area (Å²) in [5.41, 5.74) is 3.73. The fourth-order valence-corrected chi connectivity index (χ4v) is 3.17. The Kier molecular flexibility index (Phi) is 4.25. The maximum atomic E-state index is 11.3. The van der Waals surface area contributed by atoms with Crippen LogP contribution in [0.1, 0.15) is 29.3 Å². The molecule has 3 nitrogen and oxygen atoms in total. The standard InChI is InChI=1S/C19H21NO2/c1-14-9-10-20(12-14)13-17-11-16(19(21)22)7-8-18(17)15-5-3-2-4-6-15/h2-8,11,14H,9-10,12-13H2,1H3,(H,21,22)/t14-/m1/s1. The molecule has 3 heteroatoms. The van der Waals surface area contributed by atoms with E-state index < -0.39 is 5.97 Å². The maximum absolute atomic E-state index is 11.3. The first-order chi connectivity index (χ1) is 10.6. The number of likely N-dealkylation sites (tertiary alicyclic amines) is 1. The summed E-state index contributed by atoms with van der Waals surface area (Å²) in [6, 6.07) is 15.6.